The van der Waals surface area contributed by atoms with Crippen LogP contribution in [0.1, 0.15) is 16.4 Å². The molecule has 0 unspecified atom stereocenters. The monoisotopic (exact) mass is 516 g/mol. The van der Waals surface area contributed by atoms with Crippen molar-refractivity contribution in [3.63, 3.8) is 0 Å². The number of nitrogens with zero attached hydrogens (tertiary/aromatic N) is 7. The summed E-state index contributed by atoms with van der Waals surface area (Å²) >= 11 is 0. The van der Waals surface area contributed by atoms with Gasteiger partial charge in [0.2, 0.25) is 5.95 Å². The van der Waals surface area contributed by atoms with Crippen LogP contribution in [0.4, 0.5) is 14.6 Å². The number of aliphatic hydroxyl groups excluding tert-OH is 1. The fourth-order valence-corrected chi connectivity index (χ4v) is 4.55. The Labute approximate surface area is 215 Å². The molecule has 2 N–H and O–H groups in total. The molecular weight excluding hydrogens is 494 g/mol. The summed E-state index contributed by atoms with van der Waals surface area (Å²) in [6, 6.07) is 12.3. The van der Waals surface area contributed by atoms with Crippen LogP contribution in [0.25, 0.3) is 28.3 Å². The summed E-state index contributed by atoms with van der Waals surface area (Å²) < 4.78 is 30.6. The molecule has 5 heterocycles. The highest BCUT2D eigenvalue weighted by molar-refractivity contribution is 6.03. The number of nitrogens with one attached hydrogen (secondary N) is 1. The minimum atomic E-state index is -0.751. The zero-order valence-electron chi connectivity index (χ0n) is 20.0. The number of halogens is 2. The molecule has 1 fully saturated rings. The van der Waals surface area contributed by atoms with Crippen LogP contribution in [0.15, 0.2) is 67.3 Å². The molecule has 1 amide bonds. The second-order valence-electron chi connectivity index (χ2n) is 8.96. The molecule has 1 aliphatic heterocycles. The molecule has 5 aromatic rings. The Morgan fingerprint density at radius 3 is 2.66 bits per heavy atom. The molecule has 10 nitrogen and oxygen atoms in total. The molecule has 38 heavy (non-hydrogen) atoms. The molecule has 1 saturated heterocycles. The van der Waals surface area contributed by atoms with Gasteiger partial charge in [0.05, 0.1) is 36.6 Å². The van der Waals surface area contributed by atoms with E-state index >= 15 is 0 Å². The van der Waals surface area contributed by atoms with Crippen LogP contribution in [0, 0.1) is 11.8 Å². The maximum Gasteiger partial charge on any atom is 0.257 e. The minimum absolute atomic E-state index is 0.0954. The molecule has 0 aliphatic carbocycles. The zero-order valence-corrected chi connectivity index (χ0v) is 20.0. The summed E-state index contributed by atoms with van der Waals surface area (Å²) in [5, 5.41) is 16.6. The number of likely N-dealkylation sites (tertiary alicyclic amines) is 1. The van der Waals surface area contributed by atoms with Crippen molar-refractivity contribution in [2.45, 2.75) is 6.04 Å². The van der Waals surface area contributed by atoms with Gasteiger partial charge in [-0.05, 0) is 42.5 Å². The molecular formula is C26H22F2N8O2. The lowest BCUT2D eigenvalue weighted by molar-refractivity contribution is 0.0846. The van der Waals surface area contributed by atoms with E-state index in [1.807, 2.05) is 6.07 Å². The van der Waals surface area contributed by atoms with Gasteiger partial charge in [-0.2, -0.15) is 9.49 Å². The van der Waals surface area contributed by atoms with Crippen LogP contribution in [-0.4, -0.2) is 71.3 Å². The predicted octanol–water partition coefficient (Wildman–Crippen LogP) is 3.03. The van der Waals surface area contributed by atoms with Crippen molar-refractivity contribution in [1.29, 1.82) is 0 Å². The number of imidazole rings is 2. The van der Waals surface area contributed by atoms with Gasteiger partial charge in [-0.25, -0.2) is 23.9 Å². The molecule has 192 valence electrons. The number of anilines is 1. The molecule has 4 aromatic heterocycles. The number of amides is 1. The normalized spacial score (nSPS) is 14.1. The number of benzene rings is 1. The molecule has 0 spiro atoms. The SMILES string of the molecule is O=C(Nc1cn2nc(-c3c(-c4ccc(F)cc4)ncn3C3CN(CCO)C3)ccc2n1)c1ccnc(F)c1. The summed E-state index contributed by atoms with van der Waals surface area (Å²) in [7, 11) is 0. The Kier molecular flexibility index (Phi) is 6.10. The van der Waals surface area contributed by atoms with E-state index in [2.05, 4.69) is 29.7 Å². The van der Waals surface area contributed by atoms with E-state index in [1.165, 1.54) is 24.4 Å². The number of pyridine rings is 1. The smallest absolute Gasteiger partial charge is 0.257 e. The van der Waals surface area contributed by atoms with E-state index in [4.69, 9.17) is 5.10 Å². The average molecular weight is 517 g/mol. The number of carbonyl (C=O) groups excluding carboxylic acids is 1. The summed E-state index contributed by atoms with van der Waals surface area (Å²) in [6.45, 7) is 2.21. The Morgan fingerprint density at radius 1 is 1.08 bits per heavy atom. The third-order valence-electron chi connectivity index (χ3n) is 6.45. The van der Waals surface area contributed by atoms with E-state index in [1.54, 1.807) is 35.2 Å². The molecule has 0 bridgehead atoms. The fourth-order valence-electron chi connectivity index (χ4n) is 4.55. The molecule has 12 heteroatoms. The quantitative estimate of drug-likeness (QED) is 0.320. The Bertz CT molecular complexity index is 1630. The first-order valence-electron chi connectivity index (χ1n) is 11.9. The molecule has 0 radical (unpaired) electrons. The van der Waals surface area contributed by atoms with Crippen molar-refractivity contribution < 1.29 is 18.7 Å². The molecule has 0 atom stereocenters. The Hall–Kier alpha value is -4.55. The van der Waals surface area contributed by atoms with Gasteiger partial charge in [0.1, 0.15) is 11.5 Å². The highest BCUT2D eigenvalue weighted by atomic mass is 19.1. The first-order valence-corrected chi connectivity index (χ1v) is 11.9. The van der Waals surface area contributed by atoms with Gasteiger partial charge < -0.3 is 15.0 Å². The van der Waals surface area contributed by atoms with Crippen LogP contribution in [0.3, 0.4) is 0 Å². The summed E-state index contributed by atoms with van der Waals surface area (Å²) in [6.07, 6.45) is 4.54. The Balaban J connectivity index is 1.35. The number of aliphatic hydroxyl groups is 1. The molecule has 1 aromatic carbocycles. The fraction of sp³-hybridized carbons (Fsp3) is 0.192. The lowest BCUT2D eigenvalue weighted by Gasteiger charge is -2.40. The standard InChI is InChI=1S/C26H22F2N8O2/c27-18-3-1-16(2-4-18)24-25(35(15-30-24)19-12-34(13-19)9-10-37)20-5-6-23-31-22(14-36(23)33-20)32-26(38)17-7-8-29-21(28)11-17/h1-8,11,14-15,19,37H,9-10,12-13H2,(H,32,38). The van der Waals surface area contributed by atoms with E-state index < -0.39 is 11.9 Å². The highest BCUT2D eigenvalue weighted by Crippen LogP contribution is 2.35. The van der Waals surface area contributed by atoms with Crippen LogP contribution < -0.4 is 5.32 Å². The van der Waals surface area contributed by atoms with Crippen LogP contribution >= 0.6 is 0 Å². The summed E-state index contributed by atoms with van der Waals surface area (Å²) in [4.78, 5) is 27.2. The maximum atomic E-state index is 13.6. The number of hydrogen-bond acceptors (Lipinski definition) is 7. The van der Waals surface area contributed by atoms with E-state index in [9.17, 15) is 18.7 Å². The van der Waals surface area contributed by atoms with Gasteiger partial charge in [-0.3, -0.25) is 9.69 Å². The average Bonchev–Trinajstić information content (AvgIpc) is 3.49. The van der Waals surface area contributed by atoms with Gasteiger partial charge in [-0.1, -0.05) is 0 Å². The number of hydrogen-bond donors (Lipinski definition) is 2. The van der Waals surface area contributed by atoms with Crippen molar-refractivity contribution >= 4 is 17.4 Å². The summed E-state index contributed by atoms with van der Waals surface area (Å²) in [5.41, 5.74) is 3.39. The van der Waals surface area contributed by atoms with Crippen molar-refractivity contribution in [2.24, 2.45) is 0 Å². The van der Waals surface area contributed by atoms with Crippen LogP contribution in [0.5, 0.6) is 0 Å². The minimum Gasteiger partial charge on any atom is -0.395 e. The number of aromatic nitrogens is 6. The van der Waals surface area contributed by atoms with Crippen molar-refractivity contribution in [3.05, 3.63) is 84.6 Å². The second-order valence-corrected chi connectivity index (χ2v) is 8.96. The van der Waals surface area contributed by atoms with Gasteiger partial charge in [-0.15, -0.1) is 0 Å². The number of fused-ring (bicyclic) bond motifs is 1. The Morgan fingerprint density at radius 2 is 1.89 bits per heavy atom. The number of β-amino-alcohol motifs (C(OH)–C–C–N with tert-alkyl or cyclic N) is 1. The first kappa shape index (κ1) is 23.8. The van der Waals surface area contributed by atoms with E-state index in [0.717, 1.165) is 30.4 Å². The van der Waals surface area contributed by atoms with Crippen LogP contribution in [0.2, 0.25) is 0 Å². The molecule has 0 saturated carbocycles. The molecule has 1 aliphatic rings. The van der Waals surface area contributed by atoms with E-state index in [0.29, 0.717) is 23.6 Å². The summed E-state index contributed by atoms with van der Waals surface area (Å²) in [5.74, 6) is -1.36. The number of rotatable bonds is 7. The van der Waals surface area contributed by atoms with E-state index in [-0.39, 0.29) is 29.8 Å². The second kappa shape index (κ2) is 9.72. The lowest BCUT2D eigenvalue weighted by atomic mass is 10.1. The van der Waals surface area contributed by atoms with Gasteiger partial charge >= 0.3 is 0 Å². The van der Waals surface area contributed by atoms with Crippen molar-refractivity contribution in [2.75, 3.05) is 31.6 Å². The highest BCUT2D eigenvalue weighted by Gasteiger charge is 2.31. The third kappa shape index (κ3) is 4.51. The third-order valence-corrected chi connectivity index (χ3v) is 6.45. The largest absolute Gasteiger partial charge is 0.395 e. The van der Waals surface area contributed by atoms with Crippen molar-refractivity contribution in [1.82, 2.24) is 34.0 Å². The van der Waals surface area contributed by atoms with Gasteiger partial charge in [0, 0.05) is 43.0 Å². The van der Waals surface area contributed by atoms with Crippen molar-refractivity contribution in [3.8, 4) is 22.6 Å². The topological polar surface area (TPSA) is 113 Å². The molecule has 6 rings (SSSR count). The number of carbonyl (C=O) groups is 1. The van der Waals surface area contributed by atoms with Crippen LogP contribution in [-0.2, 0) is 0 Å². The maximum absolute atomic E-state index is 13.6. The van der Waals surface area contributed by atoms with Gasteiger partial charge in [0.25, 0.3) is 5.91 Å². The lowest BCUT2D eigenvalue weighted by Crippen LogP contribution is -2.48. The predicted molar refractivity (Wildman–Crippen MR) is 134 cm³/mol. The zero-order chi connectivity index (χ0) is 26.2. The first-order chi connectivity index (χ1) is 18.5. The van der Waals surface area contributed by atoms with Gasteiger partial charge in [0.15, 0.2) is 11.5 Å².